The lowest BCUT2D eigenvalue weighted by atomic mass is 10.0. The van der Waals surface area contributed by atoms with Crippen molar-refractivity contribution >= 4 is 29.3 Å². The van der Waals surface area contributed by atoms with Crippen LogP contribution in [0.5, 0.6) is 0 Å². The van der Waals surface area contributed by atoms with Crippen molar-refractivity contribution in [3.8, 4) is 0 Å². The lowest BCUT2D eigenvalue weighted by molar-refractivity contribution is -0.148. The molecule has 0 spiro atoms. The number of aromatic nitrogens is 1. The fraction of sp³-hybridized carbons (Fsp3) is 0.316. The number of ether oxygens (including phenoxy) is 1. The van der Waals surface area contributed by atoms with E-state index in [9.17, 15) is 9.59 Å². The van der Waals surface area contributed by atoms with Gasteiger partial charge in [0.1, 0.15) is 6.04 Å². The van der Waals surface area contributed by atoms with Gasteiger partial charge in [-0.15, -0.1) is 0 Å². The van der Waals surface area contributed by atoms with E-state index in [1.807, 2.05) is 17.0 Å². The first-order valence-corrected chi connectivity index (χ1v) is 8.99. The van der Waals surface area contributed by atoms with Crippen LogP contribution in [0.2, 0.25) is 5.02 Å². The number of anilines is 1. The van der Waals surface area contributed by atoms with E-state index in [1.165, 1.54) is 7.11 Å². The molecule has 1 aliphatic heterocycles. The number of carbonyl (C=O) groups is 2. The van der Waals surface area contributed by atoms with Crippen LogP contribution >= 0.6 is 11.6 Å². The second kappa shape index (κ2) is 8.83. The van der Waals surface area contributed by atoms with Crippen LogP contribution in [0.3, 0.4) is 0 Å². The molecule has 1 N–H and O–H groups in total. The van der Waals surface area contributed by atoms with E-state index in [4.69, 9.17) is 16.3 Å². The van der Waals surface area contributed by atoms with Crippen molar-refractivity contribution in [2.45, 2.75) is 6.04 Å². The summed E-state index contributed by atoms with van der Waals surface area (Å²) in [5.74, 6) is -0.342. The van der Waals surface area contributed by atoms with Gasteiger partial charge in [-0.1, -0.05) is 23.7 Å². The highest BCUT2D eigenvalue weighted by Crippen LogP contribution is 2.26. The standard InChI is InChI=1S/C19H21ClN4O3/c1-27-18(25)17(14-4-2-5-15(20)12-14)23-8-10-24(11-9-23)19(26)22-16-6-3-7-21-13-16/h2-7,12-13,17H,8-11H2,1H3,(H,22,26)/t17-/m0/s1. The number of nitrogens with one attached hydrogen (secondary N) is 1. The van der Waals surface area contributed by atoms with Gasteiger partial charge in [-0.05, 0) is 29.8 Å². The predicted octanol–water partition coefficient (Wildman–Crippen LogP) is 2.80. The molecule has 0 radical (unpaired) electrons. The maximum absolute atomic E-state index is 12.4. The fourth-order valence-corrected chi connectivity index (χ4v) is 3.31. The second-order valence-electron chi connectivity index (χ2n) is 6.18. The zero-order valence-electron chi connectivity index (χ0n) is 15.0. The van der Waals surface area contributed by atoms with Crippen molar-refractivity contribution in [2.75, 3.05) is 38.6 Å². The number of nitrogens with zero attached hydrogens (tertiary/aromatic N) is 3. The predicted molar refractivity (Wildman–Crippen MR) is 103 cm³/mol. The van der Waals surface area contributed by atoms with Gasteiger partial charge in [-0.3, -0.25) is 9.88 Å². The maximum atomic E-state index is 12.4. The number of halogens is 1. The molecule has 3 rings (SSSR count). The van der Waals surface area contributed by atoms with Crippen molar-refractivity contribution in [2.24, 2.45) is 0 Å². The second-order valence-corrected chi connectivity index (χ2v) is 6.61. The molecule has 1 aliphatic rings. The third kappa shape index (κ3) is 4.75. The van der Waals surface area contributed by atoms with E-state index in [-0.39, 0.29) is 12.0 Å². The summed E-state index contributed by atoms with van der Waals surface area (Å²) in [5, 5.41) is 3.39. The Hall–Kier alpha value is -2.64. The van der Waals surface area contributed by atoms with Crippen molar-refractivity contribution in [1.82, 2.24) is 14.8 Å². The number of pyridine rings is 1. The fourth-order valence-electron chi connectivity index (χ4n) is 3.11. The molecule has 142 valence electrons. The van der Waals surface area contributed by atoms with E-state index in [0.29, 0.717) is 36.9 Å². The lowest BCUT2D eigenvalue weighted by Crippen LogP contribution is -2.52. The van der Waals surface area contributed by atoms with E-state index in [0.717, 1.165) is 5.56 Å². The van der Waals surface area contributed by atoms with Crippen LogP contribution in [0.4, 0.5) is 10.5 Å². The molecule has 0 unspecified atom stereocenters. The molecule has 0 aliphatic carbocycles. The molecule has 1 aromatic heterocycles. The summed E-state index contributed by atoms with van der Waals surface area (Å²) < 4.78 is 4.99. The molecule has 2 amide bonds. The Labute approximate surface area is 162 Å². The van der Waals surface area contributed by atoms with Crippen LogP contribution in [-0.4, -0.2) is 60.1 Å². The third-order valence-corrected chi connectivity index (χ3v) is 4.70. The summed E-state index contributed by atoms with van der Waals surface area (Å²) >= 11 is 6.08. The number of rotatable bonds is 4. The highest BCUT2D eigenvalue weighted by molar-refractivity contribution is 6.30. The monoisotopic (exact) mass is 388 g/mol. The largest absolute Gasteiger partial charge is 0.468 e. The van der Waals surface area contributed by atoms with Crippen molar-refractivity contribution in [3.05, 3.63) is 59.4 Å². The van der Waals surface area contributed by atoms with E-state index < -0.39 is 6.04 Å². The van der Waals surface area contributed by atoms with Crippen LogP contribution in [-0.2, 0) is 9.53 Å². The molecule has 2 aromatic rings. The molecular weight excluding hydrogens is 368 g/mol. The number of esters is 1. The van der Waals surface area contributed by atoms with Gasteiger partial charge in [-0.2, -0.15) is 0 Å². The molecular formula is C19H21ClN4O3. The summed E-state index contributed by atoms with van der Waals surface area (Å²) in [7, 11) is 1.37. The minimum Gasteiger partial charge on any atom is -0.468 e. The van der Waals surface area contributed by atoms with E-state index in [2.05, 4.69) is 10.3 Å². The maximum Gasteiger partial charge on any atom is 0.327 e. The average molecular weight is 389 g/mol. The number of urea groups is 1. The van der Waals surface area contributed by atoms with E-state index in [1.54, 1.807) is 41.6 Å². The topological polar surface area (TPSA) is 74.8 Å². The molecule has 0 saturated carbocycles. The quantitative estimate of drug-likeness (QED) is 0.815. The summed E-state index contributed by atoms with van der Waals surface area (Å²) in [6, 6.07) is 10.0. The van der Waals surface area contributed by atoms with E-state index >= 15 is 0 Å². The highest BCUT2D eigenvalue weighted by Gasteiger charge is 2.32. The Morgan fingerprint density at radius 3 is 2.59 bits per heavy atom. The SMILES string of the molecule is COC(=O)[C@H](c1cccc(Cl)c1)N1CCN(C(=O)Nc2cccnc2)CC1. The summed E-state index contributed by atoms with van der Waals surface area (Å²) in [6.45, 7) is 2.10. The van der Waals surface area contributed by atoms with Crippen molar-refractivity contribution in [3.63, 3.8) is 0 Å². The minimum absolute atomic E-state index is 0.181. The number of benzene rings is 1. The highest BCUT2D eigenvalue weighted by atomic mass is 35.5. The number of amides is 2. The van der Waals surface area contributed by atoms with Gasteiger partial charge in [0.15, 0.2) is 0 Å². The van der Waals surface area contributed by atoms with Crippen LogP contribution in [0.1, 0.15) is 11.6 Å². The molecule has 8 heteroatoms. The first kappa shape index (κ1) is 19.1. The Morgan fingerprint density at radius 2 is 1.96 bits per heavy atom. The van der Waals surface area contributed by atoms with Crippen LogP contribution < -0.4 is 5.32 Å². The Bertz CT molecular complexity index is 795. The molecule has 1 fully saturated rings. The van der Waals surface area contributed by atoms with Gasteiger partial charge in [0.2, 0.25) is 0 Å². The molecule has 27 heavy (non-hydrogen) atoms. The molecule has 1 atom stereocenters. The molecule has 2 heterocycles. The number of methoxy groups -OCH3 is 1. The Morgan fingerprint density at radius 1 is 1.19 bits per heavy atom. The number of piperazine rings is 1. The van der Waals surface area contributed by atoms with Gasteiger partial charge in [-0.25, -0.2) is 9.59 Å². The normalized spacial score (nSPS) is 15.9. The molecule has 1 saturated heterocycles. The Kier molecular flexibility index (Phi) is 6.26. The molecule has 1 aromatic carbocycles. The molecule has 7 nitrogen and oxygen atoms in total. The lowest BCUT2D eigenvalue weighted by Gasteiger charge is -2.38. The van der Waals surface area contributed by atoms with Gasteiger partial charge in [0.25, 0.3) is 0 Å². The van der Waals surface area contributed by atoms with Crippen LogP contribution in [0.25, 0.3) is 0 Å². The summed E-state index contributed by atoms with van der Waals surface area (Å²) in [4.78, 5) is 32.5. The van der Waals surface area contributed by atoms with Crippen LogP contribution in [0.15, 0.2) is 48.8 Å². The van der Waals surface area contributed by atoms with Crippen LogP contribution in [0, 0.1) is 0 Å². The molecule has 0 bridgehead atoms. The smallest absolute Gasteiger partial charge is 0.327 e. The zero-order chi connectivity index (χ0) is 19.2. The van der Waals surface area contributed by atoms with Gasteiger partial charge in [0, 0.05) is 37.4 Å². The average Bonchev–Trinajstić information content (AvgIpc) is 2.69. The first-order valence-electron chi connectivity index (χ1n) is 8.62. The third-order valence-electron chi connectivity index (χ3n) is 4.47. The Balaban J connectivity index is 1.65. The number of hydrogen-bond acceptors (Lipinski definition) is 5. The van der Waals surface area contributed by atoms with Gasteiger partial charge in [0.05, 0.1) is 19.0 Å². The minimum atomic E-state index is -0.544. The summed E-state index contributed by atoms with van der Waals surface area (Å²) in [6.07, 6.45) is 3.25. The number of carbonyl (C=O) groups excluding carboxylic acids is 2. The summed E-state index contributed by atoms with van der Waals surface area (Å²) in [5.41, 5.74) is 1.43. The zero-order valence-corrected chi connectivity index (χ0v) is 15.7. The van der Waals surface area contributed by atoms with Crippen molar-refractivity contribution < 1.29 is 14.3 Å². The van der Waals surface area contributed by atoms with Gasteiger partial charge >= 0.3 is 12.0 Å². The number of hydrogen-bond donors (Lipinski definition) is 1. The van der Waals surface area contributed by atoms with Gasteiger partial charge < -0.3 is 15.0 Å². The first-order chi connectivity index (χ1) is 13.1. The van der Waals surface area contributed by atoms with Crippen molar-refractivity contribution in [1.29, 1.82) is 0 Å².